The number of hydrogen-bond acceptors (Lipinski definition) is 7. The number of esters is 1. The zero-order chi connectivity index (χ0) is 20.8. The van der Waals surface area contributed by atoms with Crippen LogP contribution in [0.2, 0.25) is 0 Å². The highest BCUT2D eigenvalue weighted by Gasteiger charge is 2.29. The van der Waals surface area contributed by atoms with Crippen LogP contribution in [0.1, 0.15) is 11.1 Å². The second-order valence-electron chi connectivity index (χ2n) is 6.82. The van der Waals surface area contributed by atoms with Crippen molar-refractivity contribution in [2.75, 3.05) is 30.9 Å². The van der Waals surface area contributed by atoms with E-state index < -0.39 is 22.9 Å². The molecule has 3 rings (SSSR count). The Morgan fingerprint density at radius 3 is 2.41 bits per heavy atom. The molecule has 0 saturated carbocycles. The van der Waals surface area contributed by atoms with Crippen molar-refractivity contribution in [3.63, 3.8) is 0 Å². The minimum Gasteiger partial charge on any atom is -0.467 e. The molecular weight excluding hydrogens is 370 g/mol. The molecule has 0 unspecified atom stereocenters. The SMILES string of the molecule is COC(=O)[C@H](Cc1ccccc1)Nc1c(N(C)CCc2ccncc2)c(=O)c1=O. The fourth-order valence-corrected chi connectivity index (χ4v) is 3.20. The minimum absolute atomic E-state index is 0.165. The van der Waals surface area contributed by atoms with Crippen molar-refractivity contribution in [3.8, 4) is 0 Å². The largest absolute Gasteiger partial charge is 0.467 e. The number of methoxy groups -OCH3 is 1. The third-order valence-corrected chi connectivity index (χ3v) is 4.84. The van der Waals surface area contributed by atoms with Gasteiger partial charge in [-0.05, 0) is 29.7 Å². The first kappa shape index (κ1) is 20.3. The van der Waals surface area contributed by atoms with Crippen molar-refractivity contribution < 1.29 is 9.53 Å². The lowest BCUT2D eigenvalue weighted by Crippen LogP contribution is -2.45. The number of aromatic nitrogens is 1. The smallest absolute Gasteiger partial charge is 0.328 e. The molecule has 0 radical (unpaired) electrons. The van der Waals surface area contributed by atoms with E-state index in [4.69, 9.17) is 4.74 Å². The van der Waals surface area contributed by atoms with Crippen molar-refractivity contribution in [1.29, 1.82) is 0 Å². The molecule has 0 bridgehead atoms. The Hall–Kier alpha value is -3.48. The molecule has 7 nitrogen and oxygen atoms in total. The summed E-state index contributed by atoms with van der Waals surface area (Å²) in [4.78, 5) is 42.4. The summed E-state index contributed by atoms with van der Waals surface area (Å²) in [5, 5.41) is 2.95. The number of carbonyl (C=O) groups excluding carboxylic acids is 1. The fraction of sp³-hybridized carbons (Fsp3) is 0.273. The number of anilines is 2. The Balaban J connectivity index is 1.75. The first-order chi connectivity index (χ1) is 14.0. The molecule has 1 N–H and O–H groups in total. The van der Waals surface area contributed by atoms with Gasteiger partial charge in [0, 0.05) is 32.4 Å². The standard InChI is InChI=1S/C22H23N3O4/c1-25(13-10-15-8-11-23-12-9-15)19-18(20(26)21(19)27)24-17(22(28)29-2)14-16-6-4-3-5-7-16/h3-9,11-12,17,24H,10,13-14H2,1-2H3/t17-/m0/s1. The van der Waals surface area contributed by atoms with E-state index in [-0.39, 0.29) is 5.69 Å². The monoisotopic (exact) mass is 393 g/mol. The number of rotatable bonds is 9. The van der Waals surface area contributed by atoms with E-state index in [9.17, 15) is 14.4 Å². The number of nitrogens with one attached hydrogen (secondary N) is 1. The van der Waals surface area contributed by atoms with Gasteiger partial charge < -0.3 is 15.0 Å². The number of hydrogen-bond donors (Lipinski definition) is 1. The highest BCUT2D eigenvalue weighted by molar-refractivity contribution is 5.84. The first-order valence-corrected chi connectivity index (χ1v) is 9.33. The highest BCUT2D eigenvalue weighted by Crippen LogP contribution is 2.21. The quantitative estimate of drug-likeness (QED) is 0.436. The Morgan fingerprint density at radius 1 is 1.07 bits per heavy atom. The number of likely N-dealkylation sites (N-methyl/N-ethyl adjacent to an activating group) is 1. The molecule has 7 heteroatoms. The number of carbonyl (C=O) groups is 1. The van der Waals surface area contributed by atoms with Crippen LogP contribution in [-0.4, -0.2) is 37.7 Å². The molecule has 1 heterocycles. The van der Waals surface area contributed by atoms with E-state index in [1.807, 2.05) is 42.5 Å². The second-order valence-corrected chi connectivity index (χ2v) is 6.82. The van der Waals surface area contributed by atoms with Gasteiger partial charge in [0.2, 0.25) is 0 Å². The molecule has 1 aromatic heterocycles. The maximum atomic E-state index is 12.2. The van der Waals surface area contributed by atoms with E-state index in [2.05, 4.69) is 10.3 Å². The minimum atomic E-state index is -0.766. The summed E-state index contributed by atoms with van der Waals surface area (Å²) in [7, 11) is 3.05. The van der Waals surface area contributed by atoms with Gasteiger partial charge in [-0.3, -0.25) is 14.6 Å². The summed E-state index contributed by atoms with van der Waals surface area (Å²) in [6.07, 6.45) is 4.46. The zero-order valence-electron chi connectivity index (χ0n) is 16.4. The van der Waals surface area contributed by atoms with Crippen LogP contribution in [0.5, 0.6) is 0 Å². The molecule has 0 aliphatic carbocycles. The topological polar surface area (TPSA) is 88.6 Å². The predicted molar refractivity (Wildman–Crippen MR) is 112 cm³/mol. The average molecular weight is 393 g/mol. The summed E-state index contributed by atoms with van der Waals surface area (Å²) >= 11 is 0. The molecule has 3 aromatic rings. The van der Waals surface area contributed by atoms with Crippen molar-refractivity contribution >= 4 is 17.3 Å². The number of ether oxygens (including phenoxy) is 1. The van der Waals surface area contributed by atoms with Crippen molar-refractivity contribution in [2.24, 2.45) is 0 Å². The summed E-state index contributed by atoms with van der Waals surface area (Å²) < 4.78 is 4.88. The molecule has 0 amide bonds. The van der Waals surface area contributed by atoms with Gasteiger partial charge in [0.1, 0.15) is 17.4 Å². The summed E-state index contributed by atoms with van der Waals surface area (Å²) in [6.45, 7) is 0.547. The molecule has 0 spiro atoms. The van der Waals surface area contributed by atoms with E-state index in [0.717, 1.165) is 11.1 Å². The molecular formula is C22H23N3O4. The number of benzene rings is 1. The van der Waals surface area contributed by atoms with Crippen molar-refractivity contribution in [2.45, 2.75) is 18.9 Å². The summed E-state index contributed by atoms with van der Waals surface area (Å²) in [5.74, 6) is -0.493. The molecule has 2 aromatic carbocycles. The van der Waals surface area contributed by atoms with Crippen LogP contribution >= 0.6 is 0 Å². The van der Waals surface area contributed by atoms with Crippen LogP contribution in [0.3, 0.4) is 0 Å². The van der Waals surface area contributed by atoms with E-state index in [1.165, 1.54) is 7.11 Å². The maximum absolute atomic E-state index is 12.2. The first-order valence-electron chi connectivity index (χ1n) is 9.33. The summed E-state index contributed by atoms with van der Waals surface area (Å²) in [6, 6.07) is 12.5. The predicted octanol–water partition coefficient (Wildman–Crippen LogP) is 1.55. The fourth-order valence-electron chi connectivity index (χ4n) is 3.20. The van der Waals surface area contributed by atoms with Gasteiger partial charge in [0.15, 0.2) is 0 Å². The molecule has 0 aliphatic rings. The maximum Gasteiger partial charge on any atom is 0.328 e. The Kier molecular flexibility index (Phi) is 6.39. The lowest BCUT2D eigenvalue weighted by Gasteiger charge is -2.26. The molecule has 0 fully saturated rings. The van der Waals surface area contributed by atoms with Gasteiger partial charge in [-0.1, -0.05) is 30.3 Å². The third-order valence-electron chi connectivity index (χ3n) is 4.84. The number of nitrogens with zero attached hydrogens (tertiary/aromatic N) is 2. The van der Waals surface area contributed by atoms with Crippen LogP contribution in [0.25, 0.3) is 0 Å². The van der Waals surface area contributed by atoms with Gasteiger partial charge >= 0.3 is 5.97 Å². The molecule has 29 heavy (non-hydrogen) atoms. The van der Waals surface area contributed by atoms with Crippen LogP contribution < -0.4 is 21.1 Å². The van der Waals surface area contributed by atoms with E-state index >= 15 is 0 Å². The van der Waals surface area contributed by atoms with Gasteiger partial charge in [-0.2, -0.15) is 0 Å². The van der Waals surface area contributed by atoms with Gasteiger partial charge in [0.25, 0.3) is 10.9 Å². The van der Waals surface area contributed by atoms with Crippen LogP contribution in [0.15, 0.2) is 64.4 Å². The Morgan fingerprint density at radius 2 is 1.76 bits per heavy atom. The third kappa shape index (κ3) is 4.68. The lowest BCUT2D eigenvalue weighted by atomic mass is 10.0. The van der Waals surface area contributed by atoms with Crippen LogP contribution in [0.4, 0.5) is 11.4 Å². The van der Waals surface area contributed by atoms with Crippen LogP contribution in [0, 0.1) is 0 Å². The van der Waals surface area contributed by atoms with Crippen LogP contribution in [-0.2, 0) is 22.4 Å². The average Bonchev–Trinajstić information content (AvgIpc) is 2.77. The molecule has 0 aliphatic heterocycles. The highest BCUT2D eigenvalue weighted by atomic mass is 16.5. The normalized spacial score (nSPS) is 11.8. The zero-order valence-corrected chi connectivity index (χ0v) is 16.4. The molecule has 0 saturated heterocycles. The Labute approximate surface area is 168 Å². The Bertz CT molecular complexity index is 1030. The number of pyridine rings is 1. The second kappa shape index (κ2) is 9.14. The van der Waals surface area contributed by atoms with E-state index in [0.29, 0.717) is 25.1 Å². The summed E-state index contributed by atoms with van der Waals surface area (Å²) in [5.41, 5.74) is 1.30. The van der Waals surface area contributed by atoms with Gasteiger partial charge in [-0.15, -0.1) is 0 Å². The lowest BCUT2D eigenvalue weighted by molar-refractivity contribution is -0.141. The molecule has 150 valence electrons. The van der Waals surface area contributed by atoms with Crippen molar-refractivity contribution in [1.82, 2.24) is 4.98 Å². The van der Waals surface area contributed by atoms with Gasteiger partial charge in [0.05, 0.1) is 7.11 Å². The molecule has 1 atom stereocenters. The van der Waals surface area contributed by atoms with E-state index in [1.54, 1.807) is 24.3 Å². The van der Waals surface area contributed by atoms with Gasteiger partial charge in [-0.25, -0.2) is 4.79 Å². The van der Waals surface area contributed by atoms with Crippen molar-refractivity contribution in [3.05, 3.63) is 86.4 Å².